The SMILES string of the molecule is CN1C2CCC(C2)C1C(N)c1cn[nH]c1. The minimum Gasteiger partial charge on any atom is -0.323 e. The third-order valence-electron chi connectivity index (χ3n) is 4.25. The first-order valence-electron chi connectivity index (χ1n) is 5.73. The minimum atomic E-state index is 0.115. The van der Waals surface area contributed by atoms with Gasteiger partial charge in [0.15, 0.2) is 0 Å². The van der Waals surface area contributed by atoms with Gasteiger partial charge in [-0.25, -0.2) is 0 Å². The number of piperidine rings is 1. The molecule has 1 saturated carbocycles. The number of aromatic nitrogens is 2. The van der Waals surface area contributed by atoms with E-state index in [9.17, 15) is 0 Å². The molecule has 1 aliphatic carbocycles. The fourth-order valence-electron chi connectivity index (χ4n) is 3.43. The highest BCUT2D eigenvalue weighted by Gasteiger charge is 2.46. The molecule has 4 atom stereocenters. The molecule has 0 aromatic carbocycles. The van der Waals surface area contributed by atoms with Gasteiger partial charge in [-0.2, -0.15) is 5.10 Å². The number of nitrogens with two attached hydrogens (primary N) is 1. The molecule has 1 aromatic heterocycles. The zero-order chi connectivity index (χ0) is 10.4. The summed E-state index contributed by atoms with van der Waals surface area (Å²) in [6.07, 6.45) is 7.82. The molecule has 0 amide bonds. The van der Waals surface area contributed by atoms with E-state index in [0.717, 1.165) is 17.5 Å². The van der Waals surface area contributed by atoms with Crippen LogP contribution in [0.3, 0.4) is 0 Å². The molecule has 3 rings (SSSR count). The van der Waals surface area contributed by atoms with Crippen molar-refractivity contribution in [1.82, 2.24) is 15.1 Å². The molecule has 82 valence electrons. The van der Waals surface area contributed by atoms with Crippen LogP contribution in [-0.4, -0.2) is 34.2 Å². The summed E-state index contributed by atoms with van der Waals surface area (Å²) in [4.78, 5) is 2.48. The van der Waals surface area contributed by atoms with Gasteiger partial charge in [0.05, 0.1) is 6.20 Å². The summed E-state index contributed by atoms with van der Waals surface area (Å²) >= 11 is 0. The Bertz CT molecular complexity index is 332. The van der Waals surface area contributed by atoms with E-state index in [1.54, 1.807) is 0 Å². The maximum absolute atomic E-state index is 6.32. The van der Waals surface area contributed by atoms with Gasteiger partial charge >= 0.3 is 0 Å². The van der Waals surface area contributed by atoms with Crippen molar-refractivity contribution in [3.8, 4) is 0 Å². The lowest BCUT2D eigenvalue weighted by Crippen LogP contribution is -2.44. The molecule has 2 bridgehead atoms. The third kappa shape index (κ3) is 1.32. The lowest BCUT2D eigenvalue weighted by atomic mass is 9.90. The summed E-state index contributed by atoms with van der Waals surface area (Å²) in [7, 11) is 2.22. The Kier molecular flexibility index (Phi) is 2.07. The summed E-state index contributed by atoms with van der Waals surface area (Å²) in [6.45, 7) is 0. The minimum absolute atomic E-state index is 0.115. The van der Waals surface area contributed by atoms with Crippen molar-refractivity contribution < 1.29 is 0 Å². The van der Waals surface area contributed by atoms with Crippen molar-refractivity contribution in [3.63, 3.8) is 0 Å². The summed E-state index contributed by atoms with van der Waals surface area (Å²) in [6, 6.07) is 1.41. The van der Waals surface area contributed by atoms with E-state index in [1.165, 1.54) is 19.3 Å². The van der Waals surface area contributed by atoms with Gasteiger partial charge in [0, 0.05) is 29.9 Å². The topological polar surface area (TPSA) is 57.9 Å². The molecule has 15 heavy (non-hydrogen) atoms. The molecule has 0 spiro atoms. The van der Waals surface area contributed by atoms with Crippen LogP contribution in [-0.2, 0) is 0 Å². The molecule has 3 N–H and O–H groups in total. The fraction of sp³-hybridized carbons (Fsp3) is 0.727. The maximum Gasteiger partial charge on any atom is 0.0535 e. The molecule has 1 saturated heterocycles. The zero-order valence-electron chi connectivity index (χ0n) is 9.06. The number of fused-ring (bicyclic) bond motifs is 2. The highest BCUT2D eigenvalue weighted by molar-refractivity contribution is 5.15. The van der Waals surface area contributed by atoms with E-state index in [-0.39, 0.29) is 6.04 Å². The van der Waals surface area contributed by atoms with Gasteiger partial charge in [-0.15, -0.1) is 0 Å². The Morgan fingerprint density at radius 1 is 1.60 bits per heavy atom. The van der Waals surface area contributed by atoms with E-state index in [0.29, 0.717) is 6.04 Å². The molecular formula is C11H18N4. The number of hydrogen-bond acceptors (Lipinski definition) is 3. The third-order valence-corrected chi connectivity index (χ3v) is 4.25. The van der Waals surface area contributed by atoms with Crippen molar-refractivity contribution in [2.24, 2.45) is 11.7 Å². The van der Waals surface area contributed by atoms with Crippen molar-refractivity contribution in [3.05, 3.63) is 18.0 Å². The molecular weight excluding hydrogens is 188 g/mol. The van der Waals surface area contributed by atoms with Crippen molar-refractivity contribution in [1.29, 1.82) is 0 Å². The Labute approximate surface area is 89.8 Å². The van der Waals surface area contributed by atoms with Crippen LogP contribution in [0.5, 0.6) is 0 Å². The summed E-state index contributed by atoms with van der Waals surface area (Å²) in [5.74, 6) is 0.796. The molecule has 2 heterocycles. The fourth-order valence-corrected chi connectivity index (χ4v) is 3.43. The van der Waals surface area contributed by atoms with Crippen molar-refractivity contribution in [2.75, 3.05) is 7.05 Å². The summed E-state index contributed by atoms with van der Waals surface area (Å²) < 4.78 is 0. The normalized spacial score (nSPS) is 37.3. The van der Waals surface area contributed by atoms with Crippen LogP contribution in [0.1, 0.15) is 30.9 Å². The van der Waals surface area contributed by atoms with Crippen molar-refractivity contribution >= 4 is 0 Å². The van der Waals surface area contributed by atoms with Gasteiger partial charge in [-0.05, 0) is 32.2 Å². The van der Waals surface area contributed by atoms with E-state index in [4.69, 9.17) is 5.73 Å². The molecule has 4 heteroatoms. The van der Waals surface area contributed by atoms with E-state index >= 15 is 0 Å². The lowest BCUT2D eigenvalue weighted by molar-refractivity contribution is 0.151. The summed E-state index contributed by atoms with van der Waals surface area (Å²) in [5, 5.41) is 6.82. The highest BCUT2D eigenvalue weighted by atomic mass is 15.2. The first-order chi connectivity index (χ1) is 7.27. The van der Waals surface area contributed by atoms with E-state index in [1.807, 2.05) is 12.4 Å². The van der Waals surface area contributed by atoms with Gasteiger partial charge < -0.3 is 5.73 Å². The Balaban J connectivity index is 1.83. The lowest BCUT2D eigenvalue weighted by Gasteiger charge is -2.35. The second-order valence-corrected chi connectivity index (χ2v) is 4.94. The molecule has 1 aromatic rings. The van der Waals surface area contributed by atoms with Crippen LogP contribution >= 0.6 is 0 Å². The smallest absolute Gasteiger partial charge is 0.0535 e. The number of likely N-dealkylation sites (N-methyl/N-ethyl adjacent to an activating group) is 1. The van der Waals surface area contributed by atoms with E-state index < -0.39 is 0 Å². The van der Waals surface area contributed by atoms with Crippen LogP contribution in [0, 0.1) is 5.92 Å². The average Bonchev–Trinajstić information content (AvgIpc) is 2.93. The number of likely N-dealkylation sites (tertiary alicyclic amines) is 1. The van der Waals surface area contributed by atoms with Gasteiger partial charge in [0.25, 0.3) is 0 Å². The first-order valence-corrected chi connectivity index (χ1v) is 5.73. The molecule has 2 aliphatic rings. The van der Waals surface area contributed by atoms with Crippen LogP contribution in [0.4, 0.5) is 0 Å². The van der Waals surface area contributed by atoms with Crippen LogP contribution in [0.15, 0.2) is 12.4 Å². The van der Waals surface area contributed by atoms with E-state index in [2.05, 4.69) is 22.1 Å². The second-order valence-electron chi connectivity index (χ2n) is 4.94. The Morgan fingerprint density at radius 2 is 2.47 bits per heavy atom. The van der Waals surface area contributed by atoms with Crippen LogP contribution in [0.2, 0.25) is 0 Å². The monoisotopic (exact) mass is 206 g/mol. The van der Waals surface area contributed by atoms with Gasteiger partial charge in [0.1, 0.15) is 0 Å². The molecule has 1 aliphatic heterocycles. The zero-order valence-corrected chi connectivity index (χ0v) is 9.06. The number of nitrogens with zero attached hydrogens (tertiary/aromatic N) is 2. The Hall–Kier alpha value is -0.870. The molecule has 4 unspecified atom stereocenters. The highest BCUT2D eigenvalue weighted by Crippen LogP contribution is 2.44. The molecule has 2 fully saturated rings. The maximum atomic E-state index is 6.32. The number of nitrogens with one attached hydrogen (secondary N) is 1. The number of H-pyrrole nitrogens is 1. The largest absolute Gasteiger partial charge is 0.323 e. The quantitative estimate of drug-likeness (QED) is 0.755. The average molecular weight is 206 g/mol. The molecule has 0 radical (unpaired) electrons. The Morgan fingerprint density at radius 3 is 3.07 bits per heavy atom. The standard InChI is InChI=1S/C11H18N4/c1-15-9-3-2-7(4-9)11(15)10(12)8-5-13-14-6-8/h5-7,9-11H,2-4,12H2,1H3,(H,13,14). The molecule has 4 nitrogen and oxygen atoms in total. The predicted molar refractivity (Wildman–Crippen MR) is 58.2 cm³/mol. The van der Waals surface area contributed by atoms with Gasteiger partial charge in [-0.1, -0.05) is 0 Å². The number of rotatable bonds is 2. The predicted octanol–water partition coefficient (Wildman–Crippen LogP) is 0.892. The number of hydrogen-bond donors (Lipinski definition) is 2. The van der Waals surface area contributed by atoms with Crippen LogP contribution in [0.25, 0.3) is 0 Å². The van der Waals surface area contributed by atoms with Gasteiger partial charge in [-0.3, -0.25) is 10.00 Å². The van der Waals surface area contributed by atoms with Gasteiger partial charge in [0.2, 0.25) is 0 Å². The van der Waals surface area contributed by atoms with Crippen molar-refractivity contribution in [2.45, 2.75) is 37.4 Å². The summed E-state index contributed by atoms with van der Waals surface area (Å²) in [5.41, 5.74) is 7.46. The number of aromatic amines is 1. The second kappa shape index (κ2) is 3.32. The van der Waals surface area contributed by atoms with Crippen LogP contribution < -0.4 is 5.73 Å². The first kappa shape index (κ1) is 9.36.